The number of hydrogen-bond acceptors (Lipinski definition) is 3. The molecule has 1 aliphatic rings. The summed E-state index contributed by atoms with van der Waals surface area (Å²) in [4.78, 5) is 14.2. The van der Waals surface area contributed by atoms with Gasteiger partial charge in [0, 0.05) is 30.1 Å². The fourth-order valence-corrected chi connectivity index (χ4v) is 2.93. The fourth-order valence-electron chi connectivity index (χ4n) is 2.80. The predicted molar refractivity (Wildman–Crippen MR) is 88.9 cm³/mol. The van der Waals surface area contributed by atoms with Crippen LogP contribution in [-0.4, -0.2) is 36.5 Å². The molecule has 0 radical (unpaired) electrons. The van der Waals surface area contributed by atoms with Crippen molar-refractivity contribution < 1.29 is 4.79 Å². The molecule has 1 saturated heterocycles. The normalized spacial score (nSPS) is 23.4. The highest BCUT2D eigenvalue weighted by Gasteiger charge is 2.33. The van der Waals surface area contributed by atoms with E-state index in [4.69, 9.17) is 17.3 Å². The number of carbonyl (C=O) groups excluding carboxylic acids is 1. The Morgan fingerprint density at radius 3 is 2.67 bits per heavy atom. The maximum Gasteiger partial charge on any atom is 0.221 e. The summed E-state index contributed by atoms with van der Waals surface area (Å²) in [6.45, 7) is 2.81. The number of amides is 1. The van der Waals surface area contributed by atoms with E-state index in [0.717, 1.165) is 18.0 Å². The van der Waals surface area contributed by atoms with Gasteiger partial charge in [0.05, 0.1) is 6.04 Å². The molecule has 1 amide bonds. The van der Waals surface area contributed by atoms with Crippen molar-refractivity contribution in [3.63, 3.8) is 0 Å². The summed E-state index contributed by atoms with van der Waals surface area (Å²) in [6, 6.07) is 8.06. The predicted octanol–water partition coefficient (Wildman–Crippen LogP) is 2.36. The van der Waals surface area contributed by atoms with Gasteiger partial charge in [-0.2, -0.15) is 0 Å². The van der Waals surface area contributed by atoms with Crippen LogP contribution in [0, 0.1) is 0 Å². The highest BCUT2D eigenvalue weighted by Crippen LogP contribution is 2.31. The van der Waals surface area contributed by atoms with Gasteiger partial charge < -0.3 is 11.1 Å². The van der Waals surface area contributed by atoms with Crippen molar-refractivity contribution in [3.05, 3.63) is 34.9 Å². The van der Waals surface area contributed by atoms with Gasteiger partial charge in [0.2, 0.25) is 5.91 Å². The lowest BCUT2D eigenvalue weighted by Crippen LogP contribution is -2.40. The zero-order valence-corrected chi connectivity index (χ0v) is 14.0. The Hall–Kier alpha value is -0.810. The van der Waals surface area contributed by atoms with Gasteiger partial charge in [-0.05, 0) is 38.1 Å². The molecule has 2 rings (SSSR count). The van der Waals surface area contributed by atoms with Gasteiger partial charge in [-0.3, -0.25) is 9.69 Å². The number of nitrogens with one attached hydrogen (secondary N) is 1. The number of likely N-dealkylation sites (N-methyl/N-ethyl adjacent to an activating group) is 1. The molecule has 1 aromatic rings. The molecule has 21 heavy (non-hydrogen) atoms. The smallest absolute Gasteiger partial charge is 0.221 e. The lowest BCUT2D eigenvalue weighted by molar-refractivity contribution is -0.122. The second kappa shape index (κ2) is 7.99. The third-order valence-electron chi connectivity index (χ3n) is 3.71. The Labute approximate surface area is 137 Å². The van der Waals surface area contributed by atoms with Crippen molar-refractivity contribution in [1.29, 1.82) is 0 Å². The molecule has 3 N–H and O–H groups in total. The number of carbonyl (C=O) groups is 1. The van der Waals surface area contributed by atoms with Crippen LogP contribution in [0.3, 0.4) is 0 Å². The Morgan fingerprint density at radius 1 is 1.48 bits per heavy atom. The zero-order chi connectivity index (χ0) is 14.7. The van der Waals surface area contributed by atoms with Gasteiger partial charge in [-0.15, -0.1) is 12.4 Å². The number of benzene rings is 1. The average molecular weight is 332 g/mol. The molecule has 0 aromatic heterocycles. The van der Waals surface area contributed by atoms with Crippen molar-refractivity contribution >= 4 is 29.9 Å². The van der Waals surface area contributed by atoms with E-state index in [1.54, 1.807) is 0 Å². The number of halogens is 2. The van der Waals surface area contributed by atoms with E-state index in [2.05, 4.69) is 17.3 Å². The molecule has 1 fully saturated rings. The van der Waals surface area contributed by atoms with E-state index in [0.29, 0.717) is 6.42 Å². The van der Waals surface area contributed by atoms with Crippen LogP contribution in [0.25, 0.3) is 0 Å². The van der Waals surface area contributed by atoms with E-state index >= 15 is 0 Å². The molecule has 0 saturated carbocycles. The van der Waals surface area contributed by atoms with E-state index in [-0.39, 0.29) is 36.4 Å². The minimum atomic E-state index is -0.108. The van der Waals surface area contributed by atoms with Crippen LogP contribution < -0.4 is 11.1 Å². The molecule has 0 aliphatic carbocycles. The molecule has 6 heteroatoms. The first-order valence-electron chi connectivity index (χ1n) is 6.98. The standard InChI is InChI=1S/C15H22ClN3O.ClH/c1-10(17)9-14(20)18-13-7-8-19(2)15(13)11-3-5-12(16)6-4-11;/h3-6,10,13,15H,7-9,17H2,1-2H3,(H,18,20);1H. The summed E-state index contributed by atoms with van der Waals surface area (Å²) in [7, 11) is 2.08. The average Bonchev–Trinajstić information content (AvgIpc) is 2.71. The third kappa shape index (κ3) is 4.85. The monoisotopic (exact) mass is 331 g/mol. The maximum absolute atomic E-state index is 11.9. The summed E-state index contributed by atoms with van der Waals surface area (Å²) in [6.07, 6.45) is 1.32. The van der Waals surface area contributed by atoms with Crippen LogP contribution in [0.2, 0.25) is 5.02 Å². The van der Waals surface area contributed by atoms with Crippen molar-refractivity contribution in [2.75, 3.05) is 13.6 Å². The molecule has 118 valence electrons. The molecular weight excluding hydrogens is 309 g/mol. The van der Waals surface area contributed by atoms with Gasteiger partial charge in [-0.1, -0.05) is 23.7 Å². The van der Waals surface area contributed by atoms with Crippen LogP contribution in [0.1, 0.15) is 31.4 Å². The highest BCUT2D eigenvalue weighted by atomic mass is 35.5. The van der Waals surface area contributed by atoms with E-state index in [1.165, 1.54) is 5.56 Å². The minimum Gasteiger partial charge on any atom is -0.351 e. The molecule has 0 bridgehead atoms. The van der Waals surface area contributed by atoms with Crippen molar-refractivity contribution in [2.45, 2.75) is 37.9 Å². The number of likely N-dealkylation sites (tertiary alicyclic amines) is 1. The Bertz CT molecular complexity index is 464. The highest BCUT2D eigenvalue weighted by molar-refractivity contribution is 6.30. The van der Waals surface area contributed by atoms with Crippen LogP contribution in [0.5, 0.6) is 0 Å². The second-order valence-electron chi connectivity index (χ2n) is 5.62. The van der Waals surface area contributed by atoms with Crippen LogP contribution in [0.15, 0.2) is 24.3 Å². The summed E-state index contributed by atoms with van der Waals surface area (Å²) in [5, 5.41) is 3.84. The Morgan fingerprint density at radius 2 is 2.10 bits per heavy atom. The topological polar surface area (TPSA) is 58.4 Å². The molecule has 4 nitrogen and oxygen atoms in total. The first-order valence-corrected chi connectivity index (χ1v) is 7.36. The van der Waals surface area contributed by atoms with Gasteiger partial charge >= 0.3 is 0 Å². The molecule has 0 spiro atoms. The summed E-state index contributed by atoms with van der Waals surface area (Å²) in [5.74, 6) is 0.0271. The summed E-state index contributed by atoms with van der Waals surface area (Å²) < 4.78 is 0. The number of rotatable bonds is 4. The molecule has 1 aliphatic heterocycles. The summed E-state index contributed by atoms with van der Waals surface area (Å²) in [5.41, 5.74) is 6.85. The third-order valence-corrected chi connectivity index (χ3v) is 3.97. The Balaban J connectivity index is 0.00000220. The van der Waals surface area contributed by atoms with Crippen LogP contribution >= 0.6 is 24.0 Å². The SMILES string of the molecule is CC(N)CC(=O)NC1CCN(C)C1c1ccc(Cl)cc1.Cl. The van der Waals surface area contributed by atoms with E-state index in [9.17, 15) is 4.79 Å². The number of hydrogen-bond donors (Lipinski definition) is 2. The number of nitrogens with zero attached hydrogens (tertiary/aromatic N) is 1. The van der Waals surface area contributed by atoms with Crippen LogP contribution in [-0.2, 0) is 4.79 Å². The van der Waals surface area contributed by atoms with Gasteiger partial charge in [0.15, 0.2) is 0 Å². The molecular formula is C15H23Cl2N3O. The molecule has 3 atom stereocenters. The molecule has 1 aromatic carbocycles. The van der Waals surface area contributed by atoms with E-state index < -0.39 is 0 Å². The first-order chi connectivity index (χ1) is 9.47. The molecule has 1 heterocycles. The van der Waals surface area contributed by atoms with Gasteiger partial charge in [0.1, 0.15) is 0 Å². The van der Waals surface area contributed by atoms with Gasteiger partial charge in [0.25, 0.3) is 0 Å². The maximum atomic E-state index is 11.9. The fraction of sp³-hybridized carbons (Fsp3) is 0.533. The van der Waals surface area contributed by atoms with Crippen LogP contribution in [0.4, 0.5) is 0 Å². The van der Waals surface area contributed by atoms with Crippen molar-refractivity contribution in [3.8, 4) is 0 Å². The number of nitrogens with two attached hydrogens (primary N) is 1. The summed E-state index contributed by atoms with van der Waals surface area (Å²) >= 11 is 5.94. The Kier molecular flexibility index (Phi) is 6.94. The lowest BCUT2D eigenvalue weighted by Gasteiger charge is -2.26. The zero-order valence-electron chi connectivity index (χ0n) is 12.4. The largest absolute Gasteiger partial charge is 0.351 e. The van der Waals surface area contributed by atoms with Crippen molar-refractivity contribution in [2.24, 2.45) is 5.73 Å². The van der Waals surface area contributed by atoms with Crippen molar-refractivity contribution in [1.82, 2.24) is 10.2 Å². The second-order valence-corrected chi connectivity index (χ2v) is 6.06. The lowest BCUT2D eigenvalue weighted by atomic mass is 10.00. The quantitative estimate of drug-likeness (QED) is 0.890. The van der Waals surface area contributed by atoms with E-state index in [1.807, 2.05) is 31.2 Å². The first kappa shape index (κ1) is 18.2. The van der Waals surface area contributed by atoms with Gasteiger partial charge in [-0.25, -0.2) is 0 Å². The minimum absolute atomic E-state index is 0. The molecule has 3 unspecified atom stereocenters.